The fourth-order valence-electron chi connectivity index (χ4n) is 1.89. The average molecular weight is 370 g/mol. The molecule has 0 aliphatic rings. The fraction of sp³-hybridized carbons (Fsp3) is 0.176. The second-order valence-corrected chi connectivity index (χ2v) is 5.22. The smallest absolute Gasteiger partial charge is 0.344 e. The third-order valence-electron chi connectivity index (χ3n) is 3.26. The first kappa shape index (κ1) is 19.4. The van der Waals surface area contributed by atoms with Gasteiger partial charge in [-0.15, -0.1) is 0 Å². The molecule has 2 rings (SSSR count). The van der Waals surface area contributed by atoms with Crippen molar-refractivity contribution < 1.29 is 32.0 Å². The van der Waals surface area contributed by atoms with Crippen molar-refractivity contribution in [3.63, 3.8) is 0 Å². The van der Waals surface area contributed by atoms with E-state index < -0.39 is 29.4 Å². The molecule has 0 heterocycles. The summed E-state index contributed by atoms with van der Waals surface area (Å²) in [5.41, 5.74) is 2.06. The summed E-state index contributed by atoms with van der Waals surface area (Å²) >= 11 is 0. The minimum atomic E-state index is -4.43. The summed E-state index contributed by atoms with van der Waals surface area (Å²) in [7, 11) is 0. The minimum absolute atomic E-state index is 0.0193. The van der Waals surface area contributed by atoms with Crippen molar-refractivity contribution in [2.75, 3.05) is 0 Å². The molecule has 0 bridgehead atoms. The standard InChI is InChI=1S/C17H14F4N2O3/c18-14-7-3-11(4-8-14)9-22-15(24)16(25)23-26-10-12-1-5-13(6-2-12)17(19,20)21/h1-8H,9-10H2,(H,22,24)(H,23,25). The average Bonchev–Trinajstić information content (AvgIpc) is 2.60. The van der Waals surface area contributed by atoms with Gasteiger partial charge in [-0.05, 0) is 35.4 Å². The normalized spacial score (nSPS) is 11.1. The Morgan fingerprint density at radius 3 is 2.04 bits per heavy atom. The van der Waals surface area contributed by atoms with Gasteiger partial charge in [0, 0.05) is 6.54 Å². The summed E-state index contributed by atoms with van der Waals surface area (Å²) in [6.45, 7) is -0.194. The lowest BCUT2D eigenvalue weighted by Crippen LogP contribution is -2.39. The molecule has 0 spiro atoms. The van der Waals surface area contributed by atoms with Crippen LogP contribution in [-0.4, -0.2) is 11.8 Å². The maximum absolute atomic E-state index is 12.7. The van der Waals surface area contributed by atoms with Crippen LogP contribution in [0.5, 0.6) is 0 Å². The van der Waals surface area contributed by atoms with Crippen LogP contribution in [0.1, 0.15) is 16.7 Å². The van der Waals surface area contributed by atoms with E-state index >= 15 is 0 Å². The van der Waals surface area contributed by atoms with Crippen LogP contribution in [0, 0.1) is 5.82 Å². The highest BCUT2D eigenvalue weighted by atomic mass is 19.4. The molecular weight excluding hydrogens is 356 g/mol. The third kappa shape index (κ3) is 5.85. The lowest BCUT2D eigenvalue weighted by atomic mass is 10.1. The number of hydroxylamine groups is 1. The van der Waals surface area contributed by atoms with Crippen LogP contribution in [0.25, 0.3) is 0 Å². The Hall–Kier alpha value is -2.94. The van der Waals surface area contributed by atoms with E-state index in [1.807, 2.05) is 5.48 Å². The molecule has 2 amide bonds. The van der Waals surface area contributed by atoms with E-state index in [0.29, 0.717) is 11.1 Å². The summed E-state index contributed by atoms with van der Waals surface area (Å²) < 4.78 is 50.0. The first-order chi connectivity index (χ1) is 12.3. The molecule has 2 aromatic rings. The molecule has 0 aliphatic carbocycles. The molecule has 0 fully saturated rings. The molecule has 9 heteroatoms. The number of hydrogen-bond donors (Lipinski definition) is 2. The Labute approximate surface area is 145 Å². The monoisotopic (exact) mass is 370 g/mol. The van der Waals surface area contributed by atoms with Crippen LogP contribution in [0.15, 0.2) is 48.5 Å². The lowest BCUT2D eigenvalue weighted by molar-refractivity contribution is -0.147. The van der Waals surface area contributed by atoms with Crippen LogP contribution in [0.3, 0.4) is 0 Å². The number of alkyl halides is 3. The molecule has 5 nitrogen and oxygen atoms in total. The Balaban J connectivity index is 1.74. The molecule has 0 aromatic heterocycles. The van der Waals surface area contributed by atoms with Gasteiger partial charge in [-0.1, -0.05) is 24.3 Å². The molecule has 138 valence electrons. The zero-order chi connectivity index (χ0) is 19.2. The Morgan fingerprint density at radius 1 is 0.885 bits per heavy atom. The van der Waals surface area contributed by atoms with Crippen molar-refractivity contribution in [3.05, 3.63) is 71.0 Å². The first-order valence-corrected chi connectivity index (χ1v) is 7.36. The summed E-state index contributed by atoms with van der Waals surface area (Å²) in [6, 6.07) is 9.51. The van der Waals surface area contributed by atoms with Gasteiger partial charge in [-0.25, -0.2) is 9.87 Å². The second kappa shape index (κ2) is 8.43. The van der Waals surface area contributed by atoms with E-state index in [2.05, 4.69) is 5.32 Å². The van der Waals surface area contributed by atoms with Gasteiger partial charge in [-0.3, -0.25) is 14.4 Å². The van der Waals surface area contributed by atoms with Crippen LogP contribution in [0.4, 0.5) is 17.6 Å². The first-order valence-electron chi connectivity index (χ1n) is 7.36. The van der Waals surface area contributed by atoms with Crippen molar-refractivity contribution in [3.8, 4) is 0 Å². The second-order valence-electron chi connectivity index (χ2n) is 5.22. The zero-order valence-electron chi connectivity index (χ0n) is 13.3. The van der Waals surface area contributed by atoms with Crippen molar-refractivity contribution >= 4 is 11.8 Å². The van der Waals surface area contributed by atoms with E-state index in [1.54, 1.807) is 0 Å². The summed E-state index contributed by atoms with van der Waals surface area (Å²) in [4.78, 5) is 27.9. The van der Waals surface area contributed by atoms with E-state index in [4.69, 9.17) is 4.84 Å². The number of rotatable bonds is 5. The van der Waals surface area contributed by atoms with Gasteiger partial charge in [0.15, 0.2) is 0 Å². The zero-order valence-corrected chi connectivity index (χ0v) is 13.3. The molecule has 0 radical (unpaired) electrons. The summed E-state index contributed by atoms with van der Waals surface area (Å²) in [6.07, 6.45) is -4.43. The predicted molar refractivity (Wildman–Crippen MR) is 82.6 cm³/mol. The number of halogens is 4. The number of hydrogen-bond acceptors (Lipinski definition) is 3. The molecule has 0 atom stereocenters. The van der Waals surface area contributed by atoms with Gasteiger partial charge in [-0.2, -0.15) is 13.2 Å². The quantitative estimate of drug-likeness (QED) is 0.483. The van der Waals surface area contributed by atoms with Gasteiger partial charge in [0.25, 0.3) is 0 Å². The Bertz CT molecular complexity index is 759. The number of amides is 2. The maximum Gasteiger partial charge on any atom is 0.416 e. The van der Waals surface area contributed by atoms with E-state index in [9.17, 15) is 27.2 Å². The molecule has 0 aliphatic heterocycles. The number of nitrogens with one attached hydrogen (secondary N) is 2. The fourth-order valence-corrected chi connectivity index (χ4v) is 1.89. The Morgan fingerprint density at radius 2 is 1.46 bits per heavy atom. The van der Waals surface area contributed by atoms with E-state index in [0.717, 1.165) is 12.1 Å². The maximum atomic E-state index is 12.7. The van der Waals surface area contributed by atoms with E-state index in [-0.39, 0.29) is 13.2 Å². The molecule has 0 saturated carbocycles. The third-order valence-corrected chi connectivity index (χ3v) is 3.26. The highest BCUT2D eigenvalue weighted by Gasteiger charge is 2.29. The van der Waals surface area contributed by atoms with Gasteiger partial charge in [0.2, 0.25) is 0 Å². The highest BCUT2D eigenvalue weighted by molar-refractivity contribution is 6.34. The molecular formula is C17H14F4N2O3. The molecule has 0 unspecified atom stereocenters. The van der Waals surface area contributed by atoms with Crippen LogP contribution >= 0.6 is 0 Å². The molecule has 2 aromatic carbocycles. The van der Waals surface area contributed by atoms with E-state index in [1.165, 1.54) is 36.4 Å². The number of benzene rings is 2. The topological polar surface area (TPSA) is 67.4 Å². The van der Waals surface area contributed by atoms with Crippen molar-refractivity contribution in [1.29, 1.82) is 0 Å². The van der Waals surface area contributed by atoms with Gasteiger partial charge in [0.1, 0.15) is 5.82 Å². The Kier molecular flexibility index (Phi) is 6.29. The molecule has 0 saturated heterocycles. The van der Waals surface area contributed by atoms with Crippen molar-refractivity contribution in [2.45, 2.75) is 19.3 Å². The SMILES string of the molecule is O=C(NCc1ccc(F)cc1)C(=O)NOCc1ccc(C(F)(F)F)cc1. The largest absolute Gasteiger partial charge is 0.416 e. The predicted octanol–water partition coefficient (Wildman–Crippen LogP) is 2.71. The summed E-state index contributed by atoms with van der Waals surface area (Å²) in [5, 5.41) is 2.31. The van der Waals surface area contributed by atoms with Gasteiger partial charge < -0.3 is 5.32 Å². The number of carbonyl (C=O) groups is 2. The van der Waals surface area contributed by atoms with Gasteiger partial charge in [0.05, 0.1) is 12.2 Å². The molecule has 26 heavy (non-hydrogen) atoms. The van der Waals surface area contributed by atoms with Crippen LogP contribution in [0.2, 0.25) is 0 Å². The minimum Gasteiger partial charge on any atom is -0.344 e. The van der Waals surface area contributed by atoms with Crippen molar-refractivity contribution in [2.24, 2.45) is 0 Å². The lowest BCUT2D eigenvalue weighted by Gasteiger charge is -2.09. The summed E-state index contributed by atoms with van der Waals surface area (Å²) in [5.74, 6) is -2.46. The molecule has 2 N–H and O–H groups in total. The van der Waals surface area contributed by atoms with Crippen LogP contribution in [-0.2, 0) is 33.8 Å². The number of carbonyl (C=O) groups excluding carboxylic acids is 2. The highest BCUT2D eigenvalue weighted by Crippen LogP contribution is 2.29. The van der Waals surface area contributed by atoms with Crippen molar-refractivity contribution in [1.82, 2.24) is 10.8 Å². The van der Waals surface area contributed by atoms with Crippen LogP contribution < -0.4 is 10.8 Å². The van der Waals surface area contributed by atoms with Gasteiger partial charge >= 0.3 is 18.0 Å².